The summed E-state index contributed by atoms with van der Waals surface area (Å²) in [6.07, 6.45) is 1.89. The van der Waals surface area contributed by atoms with E-state index in [0.717, 1.165) is 33.0 Å². The number of aromatic amines is 1. The molecule has 2 amide bonds. The van der Waals surface area contributed by atoms with Crippen LogP contribution in [-0.2, 0) is 32.9 Å². The Bertz CT molecular complexity index is 2170. The monoisotopic (exact) mass is 718 g/mol. The van der Waals surface area contributed by atoms with Crippen molar-refractivity contribution in [3.05, 3.63) is 124 Å². The van der Waals surface area contributed by atoms with Crippen LogP contribution in [0.15, 0.2) is 97.2 Å². The second kappa shape index (κ2) is 13.7. The number of nitro groups is 1. The van der Waals surface area contributed by atoms with Gasteiger partial charge in [-0.3, -0.25) is 19.7 Å². The van der Waals surface area contributed by atoms with Gasteiger partial charge in [-0.15, -0.1) is 0 Å². The molecule has 3 N–H and O–H groups in total. The van der Waals surface area contributed by atoms with Crippen LogP contribution in [0, 0.1) is 16.0 Å². The summed E-state index contributed by atoms with van der Waals surface area (Å²) >= 11 is 0. The van der Waals surface area contributed by atoms with Gasteiger partial charge in [0.15, 0.2) is 5.60 Å². The molecule has 3 heterocycles. The number of fused-ring (bicyclic) bond motifs is 3. The van der Waals surface area contributed by atoms with Gasteiger partial charge in [0, 0.05) is 53.0 Å². The van der Waals surface area contributed by atoms with Crippen molar-refractivity contribution >= 4 is 53.0 Å². The van der Waals surface area contributed by atoms with Gasteiger partial charge in [0.25, 0.3) is 11.6 Å². The molecule has 0 bridgehead atoms. The minimum Gasteiger partial charge on any atom is -0.497 e. The number of rotatable bonds is 11. The first kappa shape index (κ1) is 35.1. The minimum atomic E-state index is -2.42. The number of carbonyl (C=O) groups is 2. The number of benzene rings is 4. The molecule has 7 rings (SSSR count). The highest BCUT2D eigenvalue weighted by atomic mass is 28.3. The summed E-state index contributed by atoms with van der Waals surface area (Å²) in [7, 11) is -0.799. The van der Waals surface area contributed by atoms with E-state index in [0.29, 0.717) is 23.4 Å². The molecule has 12 heteroatoms. The smallest absolute Gasteiger partial charge is 0.269 e. The Morgan fingerprint density at radius 1 is 1.08 bits per heavy atom. The van der Waals surface area contributed by atoms with Crippen molar-refractivity contribution in [1.29, 1.82) is 0 Å². The SMILES string of the molecule is COc1ccc([Si](C)(C)[C@H]2[C@H](CCO)O[C@@]3(C(=O)N(Cc4cccc(NC(=O)Cc5c[nH]c6ccccc56)c4)c4ccc([N+](=O)[O-])cc43)[C@@H]2C)cc1. The van der Waals surface area contributed by atoms with Crippen LogP contribution in [0.25, 0.3) is 10.9 Å². The summed E-state index contributed by atoms with van der Waals surface area (Å²) in [6, 6.07) is 27.7. The third-order valence-electron chi connectivity index (χ3n) is 11.0. The molecular weight excluding hydrogens is 677 g/mol. The van der Waals surface area contributed by atoms with Crippen LogP contribution in [0.4, 0.5) is 17.1 Å². The first-order valence-corrected chi connectivity index (χ1v) is 20.5. The number of non-ortho nitro benzene ring substituents is 1. The van der Waals surface area contributed by atoms with Gasteiger partial charge in [0.05, 0.1) is 44.9 Å². The van der Waals surface area contributed by atoms with Crippen LogP contribution in [-0.4, -0.2) is 54.7 Å². The maximum absolute atomic E-state index is 15.0. The first-order valence-electron chi connectivity index (χ1n) is 17.5. The lowest BCUT2D eigenvalue weighted by Gasteiger charge is -2.37. The number of carbonyl (C=O) groups excluding carboxylic acids is 2. The summed E-state index contributed by atoms with van der Waals surface area (Å²) in [5, 5.41) is 27.4. The van der Waals surface area contributed by atoms with Gasteiger partial charge in [0.1, 0.15) is 5.75 Å². The molecule has 0 unspecified atom stereocenters. The van der Waals surface area contributed by atoms with Crippen molar-refractivity contribution in [1.82, 2.24) is 4.98 Å². The third-order valence-corrected chi connectivity index (χ3v) is 15.4. The van der Waals surface area contributed by atoms with Gasteiger partial charge >= 0.3 is 0 Å². The lowest BCUT2D eigenvalue weighted by atomic mass is 9.82. The Morgan fingerprint density at radius 3 is 2.58 bits per heavy atom. The van der Waals surface area contributed by atoms with Gasteiger partial charge < -0.3 is 29.8 Å². The number of hydrogen-bond acceptors (Lipinski definition) is 7. The van der Waals surface area contributed by atoms with Gasteiger partial charge in [0.2, 0.25) is 5.91 Å². The third kappa shape index (κ3) is 5.96. The fourth-order valence-corrected chi connectivity index (χ4v) is 12.6. The number of hydrogen-bond donors (Lipinski definition) is 3. The topological polar surface area (TPSA) is 147 Å². The molecule has 2 aliphatic rings. The lowest BCUT2D eigenvalue weighted by molar-refractivity contribution is -0.385. The number of ether oxygens (including phenoxy) is 2. The van der Waals surface area contributed by atoms with Crippen LogP contribution in [0.2, 0.25) is 18.6 Å². The van der Waals surface area contributed by atoms with Crippen LogP contribution in [0.1, 0.15) is 30.0 Å². The molecular formula is C40H42N4O7Si. The number of nitrogens with zero attached hydrogens (tertiary/aromatic N) is 2. The van der Waals surface area contributed by atoms with Gasteiger partial charge in [-0.2, -0.15) is 0 Å². The highest BCUT2D eigenvalue weighted by molar-refractivity contribution is 6.91. The summed E-state index contributed by atoms with van der Waals surface area (Å²) in [5.41, 5.74) is 2.49. The van der Waals surface area contributed by atoms with Crippen molar-refractivity contribution in [2.75, 3.05) is 23.9 Å². The Balaban J connectivity index is 1.20. The van der Waals surface area contributed by atoms with Crippen molar-refractivity contribution in [2.24, 2.45) is 5.92 Å². The maximum Gasteiger partial charge on any atom is 0.269 e. The molecule has 268 valence electrons. The van der Waals surface area contributed by atoms with Gasteiger partial charge in [-0.05, 0) is 59.5 Å². The van der Waals surface area contributed by atoms with E-state index in [4.69, 9.17) is 9.47 Å². The number of aromatic nitrogens is 1. The van der Waals surface area contributed by atoms with E-state index < -0.39 is 24.7 Å². The molecule has 5 aromatic rings. The number of nitro benzene ring substituents is 1. The molecule has 0 radical (unpaired) electrons. The standard InChI is InChI=1S/C40H42N4O7Si/c1-25-38(52(3,4)31-15-13-30(50-2)14-16-31)36(18-19-45)51-40(25)33-22-29(44(48)49)12-17-35(33)43(39(40)47)24-26-8-7-9-28(20-26)42-37(46)21-27-23-41-34-11-6-5-10-32(27)34/h5-17,20,22-23,25,36,38,41,45H,18-19,21,24H2,1-4H3,(H,42,46)/t25-,36+,38-,40+/m1/s1. The lowest BCUT2D eigenvalue weighted by Crippen LogP contribution is -2.51. The fraction of sp³-hybridized carbons (Fsp3) is 0.300. The van der Waals surface area contributed by atoms with Crippen LogP contribution < -0.4 is 20.1 Å². The molecule has 4 atom stereocenters. The van der Waals surface area contributed by atoms with Crippen molar-refractivity contribution in [3.8, 4) is 5.75 Å². The molecule has 11 nitrogen and oxygen atoms in total. The molecule has 1 fully saturated rings. The number of para-hydroxylation sites is 1. The van der Waals surface area contributed by atoms with Crippen LogP contribution in [0.5, 0.6) is 5.75 Å². The van der Waals surface area contributed by atoms with E-state index in [1.165, 1.54) is 12.1 Å². The summed E-state index contributed by atoms with van der Waals surface area (Å²) < 4.78 is 12.3. The molecule has 0 aliphatic carbocycles. The summed E-state index contributed by atoms with van der Waals surface area (Å²) in [6.45, 7) is 6.52. The molecule has 2 aliphatic heterocycles. The normalized spacial score (nSPS) is 21.1. The predicted molar refractivity (Wildman–Crippen MR) is 203 cm³/mol. The largest absolute Gasteiger partial charge is 0.497 e. The molecule has 1 aromatic heterocycles. The van der Waals surface area contributed by atoms with Crippen molar-refractivity contribution in [3.63, 3.8) is 0 Å². The van der Waals surface area contributed by atoms with Gasteiger partial charge in [-0.25, -0.2) is 0 Å². The highest BCUT2D eigenvalue weighted by Gasteiger charge is 2.66. The number of methoxy groups -OCH3 is 1. The number of aliphatic hydroxyl groups excluding tert-OH is 1. The Kier molecular flexibility index (Phi) is 9.24. The Hall–Kier alpha value is -5.30. The molecule has 1 spiro atoms. The zero-order valence-electron chi connectivity index (χ0n) is 29.6. The predicted octanol–water partition coefficient (Wildman–Crippen LogP) is 6.41. The molecule has 1 saturated heterocycles. The van der Waals surface area contributed by atoms with E-state index >= 15 is 0 Å². The van der Waals surface area contributed by atoms with Gasteiger partial charge in [-0.1, -0.05) is 67.7 Å². The summed E-state index contributed by atoms with van der Waals surface area (Å²) in [4.78, 5) is 44.5. The average molecular weight is 719 g/mol. The number of amides is 2. The molecule has 4 aromatic carbocycles. The van der Waals surface area contributed by atoms with E-state index in [-0.39, 0.29) is 48.5 Å². The van der Waals surface area contributed by atoms with E-state index in [1.807, 2.05) is 67.7 Å². The number of aliphatic hydroxyl groups is 1. The minimum absolute atomic E-state index is 0.111. The Labute approximate surface area is 302 Å². The van der Waals surface area contributed by atoms with Crippen molar-refractivity contribution in [2.45, 2.75) is 56.7 Å². The fourth-order valence-electron chi connectivity index (χ4n) is 8.56. The number of H-pyrrole nitrogens is 1. The molecule has 52 heavy (non-hydrogen) atoms. The number of nitrogens with one attached hydrogen (secondary N) is 2. The second-order valence-electron chi connectivity index (χ2n) is 14.3. The quantitative estimate of drug-likeness (QED) is 0.0813. The Morgan fingerprint density at radius 2 is 1.85 bits per heavy atom. The zero-order chi connectivity index (χ0) is 36.8. The number of anilines is 2. The average Bonchev–Trinajstić information content (AvgIpc) is 3.75. The van der Waals surface area contributed by atoms with Crippen molar-refractivity contribution < 1.29 is 29.1 Å². The van der Waals surface area contributed by atoms with Crippen LogP contribution in [0.3, 0.4) is 0 Å². The highest BCUT2D eigenvalue weighted by Crippen LogP contribution is 2.60. The van der Waals surface area contributed by atoms with Crippen LogP contribution >= 0.6 is 0 Å². The maximum atomic E-state index is 15.0. The first-order chi connectivity index (χ1) is 25.0. The van der Waals surface area contributed by atoms with E-state index in [9.17, 15) is 24.8 Å². The second-order valence-corrected chi connectivity index (χ2v) is 19.0. The van der Waals surface area contributed by atoms with E-state index in [2.05, 4.69) is 35.5 Å². The zero-order valence-corrected chi connectivity index (χ0v) is 30.6. The van der Waals surface area contributed by atoms with E-state index in [1.54, 1.807) is 24.1 Å². The summed E-state index contributed by atoms with van der Waals surface area (Å²) in [5.74, 6) is -0.0996. The molecule has 0 saturated carbocycles.